The molecule has 0 aliphatic carbocycles. The molecule has 0 saturated carbocycles. The fourth-order valence-corrected chi connectivity index (χ4v) is 2.52. The van der Waals surface area contributed by atoms with Gasteiger partial charge in [0, 0.05) is 24.5 Å². The van der Waals surface area contributed by atoms with Crippen molar-refractivity contribution < 1.29 is 5.11 Å². The van der Waals surface area contributed by atoms with Crippen molar-refractivity contribution in [2.24, 2.45) is 0 Å². The Morgan fingerprint density at radius 1 is 1.10 bits per heavy atom. The standard InChI is InChI=1S/C16H13ClN2O/c17-13-4-1-2-5-14(13)19-11-3-6-15(20)16(19)12-7-9-18-10-8-12/h1-10,20H,11H2. The maximum atomic E-state index is 10.2. The molecule has 0 saturated heterocycles. The summed E-state index contributed by atoms with van der Waals surface area (Å²) in [6, 6.07) is 11.3. The first-order chi connectivity index (χ1) is 9.77. The lowest BCUT2D eigenvalue weighted by Gasteiger charge is -2.30. The van der Waals surface area contributed by atoms with E-state index in [9.17, 15) is 5.11 Å². The molecule has 0 amide bonds. The van der Waals surface area contributed by atoms with Crippen LogP contribution < -0.4 is 4.90 Å². The van der Waals surface area contributed by atoms with Gasteiger partial charge in [-0.3, -0.25) is 4.98 Å². The van der Waals surface area contributed by atoms with Crippen LogP contribution in [-0.4, -0.2) is 16.6 Å². The largest absolute Gasteiger partial charge is 0.506 e. The van der Waals surface area contributed by atoms with Crippen LogP contribution in [0.5, 0.6) is 0 Å². The average Bonchev–Trinajstić information content (AvgIpc) is 2.48. The van der Waals surface area contributed by atoms with Crippen molar-refractivity contribution in [3.8, 4) is 0 Å². The molecule has 3 rings (SSSR count). The van der Waals surface area contributed by atoms with E-state index in [0.717, 1.165) is 16.9 Å². The minimum atomic E-state index is 0.224. The molecular weight excluding hydrogens is 272 g/mol. The SMILES string of the molecule is OC1=C(c2ccncc2)N(c2ccccc2Cl)CC=C1. The lowest BCUT2D eigenvalue weighted by atomic mass is 10.1. The molecule has 100 valence electrons. The van der Waals surface area contributed by atoms with Crippen molar-refractivity contribution in [2.45, 2.75) is 0 Å². The van der Waals surface area contributed by atoms with Gasteiger partial charge in [-0.2, -0.15) is 0 Å². The number of pyridine rings is 1. The Bertz CT molecular complexity index is 680. The maximum absolute atomic E-state index is 10.2. The number of hydrogen-bond donors (Lipinski definition) is 1. The number of aromatic nitrogens is 1. The van der Waals surface area contributed by atoms with Gasteiger partial charge in [0.1, 0.15) is 5.76 Å². The lowest BCUT2D eigenvalue weighted by Crippen LogP contribution is -2.25. The summed E-state index contributed by atoms with van der Waals surface area (Å²) in [5.41, 5.74) is 2.52. The van der Waals surface area contributed by atoms with Crippen LogP contribution >= 0.6 is 11.6 Å². The first kappa shape index (κ1) is 12.8. The third-order valence-corrected chi connectivity index (χ3v) is 3.49. The summed E-state index contributed by atoms with van der Waals surface area (Å²) in [5.74, 6) is 0.224. The van der Waals surface area contributed by atoms with Crippen LogP contribution in [0.25, 0.3) is 5.70 Å². The molecule has 1 aliphatic rings. The molecule has 2 aromatic rings. The van der Waals surface area contributed by atoms with Crippen LogP contribution in [0.3, 0.4) is 0 Å². The zero-order valence-corrected chi connectivity index (χ0v) is 11.5. The number of aliphatic hydroxyl groups excluding tert-OH is 1. The highest BCUT2D eigenvalue weighted by atomic mass is 35.5. The Hall–Kier alpha value is -2.26. The summed E-state index contributed by atoms with van der Waals surface area (Å²) < 4.78 is 0. The van der Waals surface area contributed by atoms with Crippen molar-refractivity contribution in [3.05, 3.63) is 77.3 Å². The molecule has 2 heterocycles. The Morgan fingerprint density at radius 2 is 1.85 bits per heavy atom. The maximum Gasteiger partial charge on any atom is 0.139 e. The van der Waals surface area contributed by atoms with Gasteiger partial charge in [0.2, 0.25) is 0 Å². The molecule has 1 aromatic heterocycles. The number of para-hydroxylation sites is 1. The van der Waals surface area contributed by atoms with E-state index in [1.165, 1.54) is 0 Å². The monoisotopic (exact) mass is 284 g/mol. The summed E-state index contributed by atoms with van der Waals surface area (Å²) in [7, 11) is 0. The predicted molar refractivity (Wildman–Crippen MR) is 81.7 cm³/mol. The Balaban J connectivity index is 2.12. The summed E-state index contributed by atoms with van der Waals surface area (Å²) >= 11 is 6.28. The zero-order chi connectivity index (χ0) is 13.9. The number of halogens is 1. The Morgan fingerprint density at radius 3 is 2.60 bits per heavy atom. The molecule has 0 radical (unpaired) electrons. The van der Waals surface area contributed by atoms with E-state index in [0.29, 0.717) is 11.6 Å². The van der Waals surface area contributed by atoms with Crippen molar-refractivity contribution >= 4 is 23.0 Å². The number of anilines is 1. The van der Waals surface area contributed by atoms with E-state index in [4.69, 9.17) is 11.6 Å². The molecule has 0 fully saturated rings. The molecule has 20 heavy (non-hydrogen) atoms. The number of nitrogens with zero attached hydrogens (tertiary/aromatic N) is 2. The van der Waals surface area contributed by atoms with E-state index < -0.39 is 0 Å². The highest BCUT2D eigenvalue weighted by Gasteiger charge is 2.21. The molecule has 0 spiro atoms. The molecule has 1 aliphatic heterocycles. The van der Waals surface area contributed by atoms with E-state index in [1.807, 2.05) is 47.4 Å². The van der Waals surface area contributed by atoms with E-state index in [2.05, 4.69) is 4.98 Å². The van der Waals surface area contributed by atoms with Crippen LogP contribution in [0.2, 0.25) is 5.02 Å². The molecule has 3 nitrogen and oxygen atoms in total. The van der Waals surface area contributed by atoms with Gasteiger partial charge in [-0.15, -0.1) is 0 Å². The second-order valence-corrected chi connectivity index (χ2v) is 4.84. The third kappa shape index (κ3) is 2.28. The lowest BCUT2D eigenvalue weighted by molar-refractivity contribution is 0.431. The third-order valence-electron chi connectivity index (χ3n) is 3.17. The molecule has 0 unspecified atom stereocenters. The molecule has 0 bridgehead atoms. The first-order valence-electron chi connectivity index (χ1n) is 6.29. The van der Waals surface area contributed by atoms with Crippen molar-refractivity contribution in [1.82, 2.24) is 4.98 Å². The van der Waals surface area contributed by atoms with Crippen molar-refractivity contribution in [2.75, 3.05) is 11.4 Å². The van der Waals surface area contributed by atoms with Gasteiger partial charge in [0.25, 0.3) is 0 Å². The van der Waals surface area contributed by atoms with Gasteiger partial charge in [0.15, 0.2) is 0 Å². The van der Waals surface area contributed by atoms with E-state index in [1.54, 1.807) is 18.5 Å². The topological polar surface area (TPSA) is 36.4 Å². The second kappa shape index (κ2) is 5.39. The average molecular weight is 285 g/mol. The van der Waals surface area contributed by atoms with Gasteiger partial charge >= 0.3 is 0 Å². The molecule has 1 aromatic carbocycles. The number of aliphatic hydroxyl groups is 1. The van der Waals surface area contributed by atoms with Crippen LogP contribution in [-0.2, 0) is 0 Å². The van der Waals surface area contributed by atoms with Crippen LogP contribution in [0.4, 0.5) is 5.69 Å². The number of hydrogen-bond acceptors (Lipinski definition) is 3. The number of allylic oxidation sites excluding steroid dienone is 1. The van der Waals surface area contributed by atoms with Gasteiger partial charge in [0.05, 0.1) is 16.4 Å². The summed E-state index contributed by atoms with van der Waals surface area (Å²) in [5, 5.41) is 10.9. The van der Waals surface area contributed by atoms with Crippen molar-refractivity contribution in [3.63, 3.8) is 0 Å². The minimum absolute atomic E-state index is 0.224. The highest BCUT2D eigenvalue weighted by Crippen LogP contribution is 2.34. The highest BCUT2D eigenvalue weighted by molar-refractivity contribution is 6.33. The van der Waals surface area contributed by atoms with Gasteiger partial charge in [-0.1, -0.05) is 29.8 Å². The van der Waals surface area contributed by atoms with Crippen molar-refractivity contribution in [1.29, 1.82) is 0 Å². The van der Waals surface area contributed by atoms with Crippen LogP contribution in [0, 0.1) is 0 Å². The van der Waals surface area contributed by atoms with Crippen LogP contribution in [0.15, 0.2) is 66.7 Å². The smallest absolute Gasteiger partial charge is 0.139 e. The summed E-state index contributed by atoms with van der Waals surface area (Å²) in [6.45, 7) is 0.658. The van der Waals surface area contributed by atoms with Crippen LogP contribution in [0.1, 0.15) is 5.56 Å². The van der Waals surface area contributed by atoms with Gasteiger partial charge in [-0.25, -0.2) is 0 Å². The summed E-state index contributed by atoms with van der Waals surface area (Å²) in [6.07, 6.45) is 7.03. The Kier molecular flexibility index (Phi) is 3.44. The number of benzene rings is 1. The van der Waals surface area contributed by atoms with E-state index in [-0.39, 0.29) is 5.76 Å². The molecule has 1 N–H and O–H groups in total. The zero-order valence-electron chi connectivity index (χ0n) is 10.7. The molecular formula is C16H13ClN2O. The predicted octanol–water partition coefficient (Wildman–Crippen LogP) is 4.04. The second-order valence-electron chi connectivity index (χ2n) is 4.43. The normalized spacial score (nSPS) is 14.8. The molecule has 0 atom stereocenters. The fourth-order valence-electron chi connectivity index (χ4n) is 2.28. The van der Waals surface area contributed by atoms with Gasteiger partial charge in [-0.05, 0) is 30.3 Å². The fraction of sp³-hybridized carbons (Fsp3) is 0.0625. The summed E-state index contributed by atoms with van der Waals surface area (Å²) in [4.78, 5) is 6.01. The first-order valence-corrected chi connectivity index (χ1v) is 6.67. The molecule has 4 heteroatoms. The number of rotatable bonds is 2. The Labute approximate surface area is 122 Å². The quantitative estimate of drug-likeness (QED) is 0.904. The van der Waals surface area contributed by atoms with Gasteiger partial charge < -0.3 is 10.0 Å². The van der Waals surface area contributed by atoms with E-state index >= 15 is 0 Å². The minimum Gasteiger partial charge on any atom is -0.506 e.